The first kappa shape index (κ1) is 21.5. The number of hydrogen-bond donors (Lipinski definition) is 6. The molecule has 0 fully saturated rings. The monoisotopic (exact) mass is 454 g/mol. The van der Waals surface area contributed by atoms with Crippen LogP contribution in [0.5, 0.6) is 23.0 Å². The molecule has 32 heavy (non-hydrogen) atoms. The van der Waals surface area contributed by atoms with E-state index in [2.05, 4.69) is 10.6 Å². The Morgan fingerprint density at radius 3 is 2.25 bits per heavy atom. The second-order valence-corrected chi connectivity index (χ2v) is 8.85. The van der Waals surface area contributed by atoms with Crippen LogP contribution in [0, 0.1) is 6.92 Å². The Labute approximate surface area is 187 Å². The molecule has 1 aromatic heterocycles. The molecule has 9 heteroatoms. The lowest BCUT2D eigenvalue weighted by Gasteiger charge is -2.14. The van der Waals surface area contributed by atoms with Crippen molar-refractivity contribution in [2.24, 2.45) is 0 Å². The molecule has 4 rings (SSSR count). The number of nitrogens with one attached hydrogen (secondary N) is 2. The van der Waals surface area contributed by atoms with Gasteiger partial charge in [0.05, 0.1) is 5.56 Å². The standard InChI is InChI=1S/C23H22N2O6S/c1-11-6-12(8-14(26)7-11)21(30)25-23-19(15-4-2-3-5-18(15)32-23)22(31)24-13-9-16(27)20(29)17(28)10-13/h6-10,26-29H,2-5H2,1H3,(H,24,31)(H,25,30). The number of rotatable bonds is 4. The van der Waals surface area contributed by atoms with E-state index in [1.54, 1.807) is 19.1 Å². The van der Waals surface area contributed by atoms with Crippen LogP contribution in [0.3, 0.4) is 0 Å². The van der Waals surface area contributed by atoms with Gasteiger partial charge >= 0.3 is 0 Å². The molecule has 0 saturated heterocycles. The first-order chi connectivity index (χ1) is 15.2. The van der Waals surface area contributed by atoms with E-state index in [9.17, 15) is 30.0 Å². The maximum atomic E-state index is 13.2. The Bertz CT molecular complexity index is 1190. The zero-order chi connectivity index (χ0) is 23.0. The van der Waals surface area contributed by atoms with E-state index in [0.717, 1.165) is 47.4 Å². The number of hydrogen-bond acceptors (Lipinski definition) is 7. The van der Waals surface area contributed by atoms with Crippen LogP contribution < -0.4 is 10.6 Å². The van der Waals surface area contributed by atoms with Crippen LogP contribution in [0.25, 0.3) is 0 Å². The highest BCUT2D eigenvalue weighted by Crippen LogP contribution is 2.40. The molecule has 0 spiro atoms. The third-order valence-corrected chi connectivity index (χ3v) is 6.48. The fraction of sp³-hybridized carbons (Fsp3) is 0.217. The smallest absolute Gasteiger partial charge is 0.258 e. The number of thiophene rings is 1. The van der Waals surface area contributed by atoms with E-state index in [1.807, 2.05) is 0 Å². The molecular formula is C23H22N2O6S. The summed E-state index contributed by atoms with van der Waals surface area (Å²) in [4.78, 5) is 27.1. The quantitative estimate of drug-likeness (QED) is 0.257. The molecule has 1 heterocycles. The van der Waals surface area contributed by atoms with Crippen molar-refractivity contribution in [2.75, 3.05) is 10.6 Å². The molecule has 1 aliphatic carbocycles. The molecule has 0 radical (unpaired) electrons. The van der Waals surface area contributed by atoms with Crippen molar-refractivity contribution in [3.05, 3.63) is 57.5 Å². The van der Waals surface area contributed by atoms with Crippen molar-refractivity contribution in [1.82, 2.24) is 0 Å². The Balaban J connectivity index is 1.67. The van der Waals surface area contributed by atoms with Crippen LogP contribution in [-0.4, -0.2) is 32.2 Å². The summed E-state index contributed by atoms with van der Waals surface area (Å²) in [6.45, 7) is 1.77. The van der Waals surface area contributed by atoms with E-state index >= 15 is 0 Å². The average Bonchev–Trinajstić information content (AvgIpc) is 3.09. The molecule has 0 aliphatic heterocycles. The van der Waals surface area contributed by atoms with Gasteiger partial charge in [0.15, 0.2) is 17.2 Å². The Hall–Kier alpha value is -3.72. The van der Waals surface area contributed by atoms with Crippen molar-refractivity contribution < 1.29 is 30.0 Å². The molecule has 6 N–H and O–H groups in total. The maximum absolute atomic E-state index is 13.2. The summed E-state index contributed by atoms with van der Waals surface area (Å²) in [7, 11) is 0. The van der Waals surface area contributed by atoms with Crippen molar-refractivity contribution in [2.45, 2.75) is 32.6 Å². The third kappa shape index (κ3) is 4.19. The maximum Gasteiger partial charge on any atom is 0.258 e. The van der Waals surface area contributed by atoms with Crippen LogP contribution in [0.2, 0.25) is 0 Å². The van der Waals surface area contributed by atoms with Gasteiger partial charge in [0.2, 0.25) is 0 Å². The molecule has 2 aromatic carbocycles. The van der Waals surface area contributed by atoms with Gasteiger partial charge in [0, 0.05) is 28.3 Å². The van der Waals surface area contributed by atoms with Gasteiger partial charge < -0.3 is 31.1 Å². The second-order valence-electron chi connectivity index (χ2n) is 7.74. The number of anilines is 2. The molecular weight excluding hydrogens is 432 g/mol. The van der Waals surface area contributed by atoms with Gasteiger partial charge in [0.1, 0.15) is 10.8 Å². The minimum absolute atomic E-state index is 0.0227. The van der Waals surface area contributed by atoms with Gasteiger partial charge in [-0.15, -0.1) is 11.3 Å². The molecule has 8 nitrogen and oxygen atoms in total. The van der Waals surface area contributed by atoms with Gasteiger partial charge in [-0.1, -0.05) is 0 Å². The molecule has 2 amide bonds. The highest BCUT2D eigenvalue weighted by atomic mass is 32.1. The average molecular weight is 455 g/mol. The molecule has 0 saturated carbocycles. The lowest BCUT2D eigenvalue weighted by atomic mass is 9.95. The number of benzene rings is 2. The van der Waals surface area contributed by atoms with Crippen molar-refractivity contribution in [3.8, 4) is 23.0 Å². The topological polar surface area (TPSA) is 139 Å². The molecule has 166 valence electrons. The van der Waals surface area contributed by atoms with Gasteiger partial charge in [-0.05, 0) is 61.9 Å². The number of phenols is 4. The molecule has 0 atom stereocenters. The Morgan fingerprint density at radius 1 is 0.875 bits per heavy atom. The normalized spacial score (nSPS) is 12.8. The van der Waals surface area contributed by atoms with E-state index in [4.69, 9.17) is 0 Å². The van der Waals surface area contributed by atoms with Crippen LogP contribution in [-0.2, 0) is 12.8 Å². The number of aromatic hydroxyl groups is 4. The van der Waals surface area contributed by atoms with Crippen molar-refractivity contribution >= 4 is 33.8 Å². The summed E-state index contributed by atoms with van der Waals surface area (Å²) in [6.07, 6.45) is 3.42. The highest BCUT2D eigenvalue weighted by Gasteiger charge is 2.27. The van der Waals surface area contributed by atoms with Crippen molar-refractivity contribution in [3.63, 3.8) is 0 Å². The largest absolute Gasteiger partial charge is 0.508 e. The van der Waals surface area contributed by atoms with Gasteiger partial charge in [-0.2, -0.15) is 0 Å². The molecule has 1 aliphatic rings. The predicted octanol–water partition coefficient (Wildman–Crippen LogP) is 4.26. The Kier molecular flexibility index (Phi) is 5.67. The molecule has 0 bridgehead atoms. The minimum atomic E-state index is -0.676. The summed E-state index contributed by atoms with van der Waals surface area (Å²) < 4.78 is 0. The van der Waals surface area contributed by atoms with E-state index < -0.39 is 29.1 Å². The lowest BCUT2D eigenvalue weighted by molar-refractivity contribution is 0.102. The van der Waals surface area contributed by atoms with Crippen LogP contribution in [0.15, 0.2) is 30.3 Å². The number of carbonyl (C=O) groups excluding carboxylic acids is 2. The number of amides is 2. The second kappa shape index (κ2) is 8.43. The summed E-state index contributed by atoms with van der Waals surface area (Å²) in [5.41, 5.74) is 2.30. The molecule has 3 aromatic rings. The third-order valence-electron chi connectivity index (χ3n) is 5.28. The first-order valence-electron chi connectivity index (χ1n) is 10.1. The zero-order valence-corrected chi connectivity index (χ0v) is 18.0. The Morgan fingerprint density at radius 2 is 1.56 bits per heavy atom. The predicted molar refractivity (Wildman–Crippen MR) is 121 cm³/mol. The number of aryl methyl sites for hydroxylation is 2. The summed E-state index contributed by atoms with van der Waals surface area (Å²) in [6, 6.07) is 6.79. The number of carbonyl (C=O) groups is 2. The van der Waals surface area contributed by atoms with E-state index in [-0.39, 0.29) is 17.0 Å². The van der Waals surface area contributed by atoms with Gasteiger partial charge in [-0.3, -0.25) is 9.59 Å². The first-order valence-corrected chi connectivity index (χ1v) is 10.9. The summed E-state index contributed by atoms with van der Waals surface area (Å²) in [5, 5.41) is 44.6. The van der Waals surface area contributed by atoms with E-state index in [1.165, 1.54) is 17.4 Å². The fourth-order valence-electron chi connectivity index (χ4n) is 3.83. The minimum Gasteiger partial charge on any atom is -0.508 e. The van der Waals surface area contributed by atoms with Gasteiger partial charge in [-0.25, -0.2) is 0 Å². The lowest BCUT2D eigenvalue weighted by Crippen LogP contribution is -2.18. The highest BCUT2D eigenvalue weighted by molar-refractivity contribution is 7.17. The fourth-order valence-corrected chi connectivity index (χ4v) is 5.12. The van der Waals surface area contributed by atoms with Gasteiger partial charge in [0.25, 0.3) is 11.8 Å². The summed E-state index contributed by atoms with van der Waals surface area (Å²) >= 11 is 1.35. The van der Waals surface area contributed by atoms with Crippen LogP contribution in [0.1, 0.15) is 49.6 Å². The van der Waals surface area contributed by atoms with Crippen molar-refractivity contribution in [1.29, 1.82) is 0 Å². The number of fused-ring (bicyclic) bond motifs is 1. The van der Waals surface area contributed by atoms with Crippen LogP contribution in [0.4, 0.5) is 10.7 Å². The zero-order valence-electron chi connectivity index (χ0n) is 17.2. The summed E-state index contributed by atoms with van der Waals surface area (Å²) in [5.74, 6) is -2.79. The van der Waals surface area contributed by atoms with E-state index in [0.29, 0.717) is 17.0 Å². The van der Waals surface area contributed by atoms with Crippen LogP contribution >= 0.6 is 11.3 Å². The molecule has 0 unspecified atom stereocenters. The SMILES string of the molecule is Cc1cc(O)cc(C(=O)Nc2sc3c(c2C(=O)Nc2cc(O)c(O)c(O)c2)CCCC3)c1. The number of phenolic OH excluding ortho intramolecular Hbond substituents is 4.